The van der Waals surface area contributed by atoms with E-state index in [0.29, 0.717) is 0 Å². The number of nitrogens with one attached hydrogen (secondary N) is 1. The molecule has 2 rings (SSSR count). The third-order valence-corrected chi connectivity index (χ3v) is 5.07. The van der Waals surface area contributed by atoms with E-state index in [1.54, 1.807) is 0 Å². The van der Waals surface area contributed by atoms with Crippen molar-refractivity contribution in [2.45, 2.75) is 25.7 Å². The van der Waals surface area contributed by atoms with Gasteiger partial charge in [0.1, 0.15) is 5.78 Å². The summed E-state index contributed by atoms with van der Waals surface area (Å²) in [6.07, 6.45) is 0. The van der Waals surface area contributed by atoms with Gasteiger partial charge in [0.25, 0.3) is 0 Å². The Kier molecular flexibility index (Phi) is 5.54. The molecule has 1 atom stereocenters. The summed E-state index contributed by atoms with van der Waals surface area (Å²) in [7, 11) is -4.24. The zero-order valence-corrected chi connectivity index (χ0v) is 13.6. The van der Waals surface area contributed by atoms with Crippen molar-refractivity contribution in [3.05, 3.63) is 71.8 Å². The first-order valence-electron chi connectivity index (χ1n) is 7.30. The van der Waals surface area contributed by atoms with E-state index in [1.807, 2.05) is 74.5 Å². The smallest absolute Gasteiger partial charge is 0.323 e. The van der Waals surface area contributed by atoms with E-state index < -0.39 is 13.4 Å². The fraction of sp³-hybridized carbons (Fsp3) is 0.294. The minimum Gasteiger partial charge on any atom is -0.323 e. The third kappa shape index (κ3) is 4.28. The van der Waals surface area contributed by atoms with Gasteiger partial charge < -0.3 is 9.79 Å². The standard InChI is InChI=1S/C17H22NO3P/c1-13(2)17(22(19,20)21)18-16(14-9-5-3-6-10-14)15-11-7-4-8-12-15/h3-13,16-18H,1-2H3,(H2,19,20,21)/t17-/m1/s1. The molecule has 5 heteroatoms. The summed E-state index contributed by atoms with van der Waals surface area (Å²) < 4.78 is 11.8. The summed E-state index contributed by atoms with van der Waals surface area (Å²) in [6, 6.07) is 19.1. The van der Waals surface area contributed by atoms with Crippen molar-refractivity contribution < 1.29 is 14.4 Å². The molecule has 0 heterocycles. The lowest BCUT2D eigenvalue weighted by Crippen LogP contribution is -2.37. The quantitative estimate of drug-likeness (QED) is 0.713. The lowest BCUT2D eigenvalue weighted by molar-refractivity contribution is 0.317. The summed E-state index contributed by atoms with van der Waals surface area (Å²) >= 11 is 0. The molecule has 4 nitrogen and oxygen atoms in total. The predicted molar refractivity (Wildman–Crippen MR) is 88.5 cm³/mol. The van der Waals surface area contributed by atoms with Gasteiger partial charge in [-0.1, -0.05) is 74.5 Å². The minimum absolute atomic E-state index is 0.184. The van der Waals surface area contributed by atoms with Crippen molar-refractivity contribution >= 4 is 7.60 Å². The van der Waals surface area contributed by atoms with Gasteiger partial charge in [-0.05, 0) is 17.0 Å². The first-order valence-corrected chi connectivity index (χ1v) is 8.99. The van der Waals surface area contributed by atoms with Gasteiger partial charge >= 0.3 is 7.60 Å². The molecule has 0 fully saturated rings. The Balaban J connectivity index is 2.39. The fourth-order valence-corrected chi connectivity index (χ4v) is 3.64. The number of rotatable bonds is 6. The molecule has 0 saturated heterocycles. The van der Waals surface area contributed by atoms with Gasteiger partial charge in [-0.2, -0.15) is 0 Å². The topological polar surface area (TPSA) is 69.6 Å². The highest BCUT2D eigenvalue weighted by molar-refractivity contribution is 7.52. The van der Waals surface area contributed by atoms with Crippen molar-refractivity contribution in [2.24, 2.45) is 5.92 Å². The van der Waals surface area contributed by atoms with Crippen molar-refractivity contribution in [3.63, 3.8) is 0 Å². The van der Waals surface area contributed by atoms with Gasteiger partial charge in [0, 0.05) is 0 Å². The summed E-state index contributed by atoms with van der Waals surface area (Å²) in [6.45, 7) is 3.62. The van der Waals surface area contributed by atoms with Crippen molar-refractivity contribution in [2.75, 3.05) is 0 Å². The van der Waals surface area contributed by atoms with Gasteiger partial charge in [0.15, 0.2) is 0 Å². The molecule has 0 radical (unpaired) electrons. The van der Waals surface area contributed by atoms with E-state index in [2.05, 4.69) is 5.32 Å². The van der Waals surface area contributed by atoms with Gasteiger partial charge in [-0.25, -0.2) is 0 Å². The molecule has 0 unspecified atom stereocenters. The Bertz CT molecular complexity index is 585. The summed E-state index contributed by atoms with van der Waals surface area (Å²) in [4.78, 5) is 19.3. The van der Waals surface area contributed by atoms with E-state index >= 15 is 0 Å². The molecule has 0 aromatic heterocycles. The number of hydrogen-bond donors (Lipinski definition) is 3. The van der Waals surface area contributed by atoms with Crippen LogP contribution in [0.1, 0.15) is 31.0 Å². The maximum absolute atomic E-state index is 11.8. The van der Waals surface area contributed by atoms with Crippen LogP contribution in [-0.2, 0) is 4.57 Å². The van der Waals surface area contributed by atoms with Crippen molar-refractivity contribution in [1.29, 1.82) is 0 Å². The maximum Gasteiger partial charge on any atom is 0.342 e. The predicted octanol–water partition coefficient (Wildman–Crippen LogP) is 3.53. The molecule has 0 bridgehead atoms. The third-order valence-electron chi connectivity index (χ3n) is 3.60. The molecule has 0 spiro atoms. The van der Waals surface area contributed by atoms with Crippen LogP contribution in [0.5, 0.6) is 0 Å². The molecule has 0 aliphatic rings. The maximum atomic E-state index is 11.8. The van der Waals surface area contributed by atoms with Crippen LogP contribution in [0.25, 0.3) is 0 Å². The Hall–Kier alpha value is -1.45. The van der Waals surface area contributed by atoms with Crippen LogP contribution in [-0.4, -0.2) is 15.6 Å². The van der Waals surface area contributed by atoms with E-state index in [4.69, 9.17) is 0 Å². The number of hydrogen-bond acceptors (Lipinski definition) is 2. The lowest BCUT2D eigenvalue weighted by atomic mass is 9.98. The van der Waals surface area contributed by atoms with E-state index in [0.717, 1.165) is 11.1 Å². The normalized spacial score (nSPS) is 13.5. The van der Waals surface area contributed by atoms with Crippen LogP contribution in [0.3, 0.4) is 0 Å². The second kappa shape index (κ2) is 7.21. The van der Waals surface area contributed by atoms with Crippen LogP contribution in [0.15, 0.2) is 60.7 Å². The molecular weight excluding hydrogens is 297 g/mol. The molecule has 0 amide bonds. The zero-order chi connectivity index (χ0) is 16.2. The molecule has 3 N–H and O–H groups in total. The highest BCUT2D eigenvalue weighted by Crippen LogP contribution is 2.44. The zero-order valence-electron chi connectivity index (χ0n) is 12.8. The first kappa shape index (κ1) is 16.9. The highest BCUT2D eigenvalue weighted by atomic mass is 31.2. The summed E-state index contributed by atoms with van der Waals surface area (Å²) in [5, 5.41) is 3.16. The van der Waals surface area contributed by atoms with E-state index in [9.17, 15) is 14.4 Å². The van der Waals surface area contributed by atoms with Crippen LogP contribution in [0, 0.1) is 5.92 Å². The second-order valence-electron chi connectivity index (χ2n) is 5.70. The summed E-state index contributed by atoms with van der Waals surface area (Å²) in [5.41, 5.74) is 1.96. The number of benzene rings is 2. The van der Waals surface area contributed by atoms with Crippen LogP contribution < -0.4 is 5.32 Å². The average Bonchev–Trinajstić information content (AvgIpc) is 2.48. The fourth-order valence-electron chi connectivity index (χ4n) is 2.52. The van der Waals surface area contributed by atoms with Gasteiger partial charge in [-0.3, -0.25) is 9.88 Å². The Morgan fingerprint density at radius 2 is 1.27 bits per heavy atom. The van der Waals surface area contributed by atoms with Gasteiger partial charge in [0.05, 0.1) is 6.04 Å². The molecule has 22 heavy (non-hydrogen) atoms. The molecule has 0 aliphatic carbocycles. The molecule has 2 aromatic carbocycles. The SMILES string of the molecule is CC(C)[C@H](NC(c1ccccc1)c1ccccc1)P(=O)(O)O. The van der Waals surface area contributed by atoms with Crippen LogP contribution in [0.2, 0.25) is 0 Å². The summed E-state index contributed by atoms with van der Waals surface area (Å²) in [5.74, 6) is -1.08. The second-order valence-corrected chi connectivity index (χ2v) is 7.43. The lowest BCUT2D eigenvalue weighted by Gasteiger charge is -2.29. The van der Waals surface area contributed by atoms with E-state index in [-0.39, 0.29) is 12.0 Å². The van der Waals surface area contributed by atoms with Crippen molar-refractivity contribution in [1.82, 2.24) is 5.32 Å². The molecule has 0 aliphatic heterocycles. The Morgan fingerprint density at radius 1 is 0.864 bits per heavy atom. The molecular formula is C17H22NO3P. The largest absolute Gasteiger partial charge is 0.342 e. The van der Waals surface area contributed by atoms with Crippen LogP contribution >= 0.6 is 7.60 Å². The Morgan fingerprint density at radius 3 is 1.59 bits per heavy atom. The average molecular weight is 319 g/mol. The molecule has 0 saturated carbocycles. The van der Waals surface area contributed by atoms with Gasteiger partial charge in [0.2, 0.25) is 0 Å². The first-order chi connectivity index (χ1) is 10.4. The highest BCUT2D eigenvalue weighted by Gasteiger charge is 2.34. The van der Waals surface area contributed by atoms with Crippen LogP contribution in [0.4, 0.5) is 0 Å². The Labute approximate surface area is 131 Å². The van der Waals surface area contributed by atoms with Gasteiger partial charge in [-0.15, -0.1) is 0 Å². The monoisotopic (exact) mass is 319 g/mol. The minimum atomic E-state index is -4.24. The van der Waals surface area contributed by atoms with E-state index in [1.165, 1.54) is 0 Å². The van der Waals surface area contributed by atoms with Crippen molar-refractivity contribution in [3.8, 4) is 0 Å². The molecule has 118 valence electrons. The molecule has 2 aromatic rings.